The van der Waals surface area contributed by atoms with Gasteiger partial charge < -0.3 is 5.32 Å². The Hall–Kier alpha value is -3.42. The van der Waals surface area contributed by atoms with Gasteiger partial charge in [-0.05, 0) is 35.9 Å². The van der Waals surface area contributed by atoms with E-state index >= 15 is 0 Å². The molecule has 0 unspecified atom stereocenters. The summed E-state index contributed by atoms with van der Waals surface area (Å²) in [5.41, 5.74) is 2.27. The average Bonchev–Trinajstić information content (AvgIpc) is 3.03. The summed E-state index contributed by atoms with van der Waals surface area (Å²) in [6, 6.07) is 12.4. The molecule has 0 bridgehead atoms. The Balaban J connectivity index is 1.64. The number of anilines is 2. The number of hydrogen-bond acceptors (Lipinski definition) is 4. The Morgan fingerprint density at radius 2 is 1.78 bits per heavy atom. The number of rotatable bonds is 3. The van der Waals surface area contributed by atoms with Crippen LogP contribution in [0.5, 0.6) is 0 Å². The van der Waals surface area contributed by atoms with Crippen molar-refractivity contribution in [3.05, 3.63) is 66.5 Å². The maximum atomic E-state index is 12.7. The van der Waals surface area contributed by atoms with E-state index in [4.69, 9.17) is 0 Å². The lowest BCUT2D eigenvalue weighted by atomic mass is 10.1. The van der Waals surface area contributed by atoms with Gasteiger partial charge in [0.25, 0.3) is 0 Å². The number of fused-ring (bicyclic) bond motifs is 1. The lowest BCUT2D eigenvalue weighted by Gasteiger charge is -2.09. The molecule has 4 aromatic rings. The zero-order valence-electron chi connectivity index (χ0n) is 14.2. The van der Waals surface area contributed by atoms with E-state index in [9.17, 15) is 13.2 Å². The van der Waals surface area contributed by atoms with Gasteiger partial charge in [0.05, 0.1) is 23.0 Å². The van der Waals surface area contributed by atoms with E-state index in [-0.39, 0.29) is 0 Å². The Bertz CT molecular complexity index is 1100. The SMILES string of the molecule is Cn1cc2c(Nc3cc(-c4ccc(C(F)(F)F)cc4)cnn3)cccc2n1. The largest absolute Gasteiger partial charge is 0.416 e. The Labute approximate surface area is 152 Å². The molecule has 0 aliphatic heterocycles. The van der Waals surface area contributed by atoms with Gasteiger partial charge >= 0.3 is 6.18 Å². The maximum absolute atomic E-state index is 12.7. The topological polar surface area (TPSA) is 55.6 Å². The smallest absolute Gasteiger partial charge is 0.338 e. The summed E-state index contributed by atoms with van der Waals surface area (Å²) in [5, 5.41) is 16.5. The zero-order valence-corrected chi connectivity index (χ0v) is 14.2. The highest BCUT2D eigenvalue weighted by molar-refractivity contribution is 5.92. The van der Waals surface area contributed by atoms with Gasteiger partial charge in [0.1, 0.15) is 0 Å². The van der Waals surface area contributed by atoms with Gasteiger partial charge in [-0.3, -0.25) is 4.68 Å². The van der Waals surface area contributed by atoms with Crippen LogP contribution in [-0.4, -0.2) is 20.0 Å². The van der Waals surface area contributed by atoms with E-state index in [1.807, 2.05) is 31.4 Å². The quantitative estimate of drug-likeness (QED) is 0.564. The fourth-order valence-corrected chi connectivity index (χ4v) is 2.85. The van der Waals surface area contributed by atoms with Gasteiger partial charge in [-0.1, -0.05) is 18.2 Å². The first-order valence-electron chi connectivity index (χ1n) is 8.10. The molecule has 0 aliphatic rings. The van der Waals surface area contributed by atoms with Crippen LogP contribution >= 0.6 is 0 Å². The molecule has 2 aromatic heterocycles. The predicted octanol–water partition coefficient (Wildman–Crippen LogP) is 4.79. The molecule has 0 fully saturated rings. The monoisotopic (exact) mass is 369 g/mol. The summed E-state index contributed by atoms with van der Waals surface area (Å²) in [6.07, 6.45) is -0.951. The number of hydrogen-bond donors (Lipinski definition) is 1. The molecule has 0 saturated heterocycles. The van der Waals surface area contributed by atoms with E-state index < -0.39 is 11.7 Å². The molecule has 0 saturated carbocycles. The first-order valence-corrected chi connectivity index (χ1v) is 8.10. The first-order chi connectivity index (χ1) is 12.9. The van der Waals surface area contributed by atoms with E-state index in [2.05, 4.69) is 20.6 Å². The number of halogens is 3. The highest BCUT2D eigenvalue weighted by Gasteiger charge is 2.29. The summed E-state index contributed by atoms with van der Waals surface area (Å²) in [7, 11) is 1.84. The number of aryl methyl sites for hydroxylation is 1. The molecule has 0 aliphatic carbocycles. The van der Waals surface area contributed by atoms with Gasteiger partial charge in [-0.25, -0.2) is 0 Å². The molecule has 2 heterocycles. The molecule has 0 atom stereocenters. The molecule has 5 nitrogen and oxygen atoms in total. The van der Waals surface area contributed by atoms with E-state index in [1.165, 1.54) is 18.3 Å². The van der Waals surface area contributed by atoms with E-state index in [0.29, 0.717) is 16.9 Å². The van der Waals surface area contributed by atoms with Crippen LogP contribution in [0.2, 0.25) is 0 Å². The number of nitrogens with zero attached hydrogens (tertiary/aromatic N) is 4. The lowest BCUT2D eigenvalue weighted by molar-refractivity contribution is -0.137. The van der Waals surface area contributed by atoms with Crippen molar-refractivity contribution < 1.29 is 13.2 Å². The zero-order chi connectivity index (χ0) is 19.0. The molecule has 0 spiro atoms. The van der Waals surface area contributed by atoms with Gasteiger partial charge in [-0.2, -0.15) is 23.4 Å². The number of alkyl halides is 3. The molecule has 1 N–H and O–H groups in total. The van der Waals surface area contributed by atoms with Crippen LogP contribution < -0.4 is 5.32 Å². The molecular weight excluding hydrogens is 355 g/mol. The second-order valence-corrected chi connectivity index (χ2v) is 6.07. The molecule has 0 amide bonds. The average molecular weight is 369 g/mol. The molecule has 0 radical (unpaired) electrons. The Morgan fingerprint density at radius 1 is 1.00 bits per heavy atom. The molecule has 136 valence electrons. The fraction of sp³-hybridized carbons (Fsp3) is 0.105. The standard InChI is InChI=1S/C19H14F3N5/c1-27-11-15-16(3-2-4-17(15)26-27)24-18-9-13(10-23-25-18)12-5-7-14(8-6-12)19(20,21)22/h2-11H,1H3,(H,24,25). The lowest BCUT2D eigenvalue weighted by Crippen LogP contribution is -2.04. The second-order valence-electron chi connectivity index (χ2n) is 6.07. The minimum Gasteiger partial charge on any atom is -0.338 e. The molecular formula is C19H14F3N5. The van der Waals surface area contributed by atoms with Crippen LogP contribution in [0.3, 0.4) is 0 Å². The van der Waals surface area contributed by atoms with Gasteiger partial charge in [-0.15, -0.1) is 5.10 Å². The van der Waals surface area contributed by atoms with Crippen LogP contribution in [0.25, 0.3) is 22.0 Å². The Morgan fingerprint density at radius 3 is 2.52 bits per heavy atom. The third-order valence-corrected chi connectivity index (χ3v) is 4.13. The van der Waals surface area contributed by atoms with Gasteiger partial charge in [0.2, 0.25) is 0 Å². The number of nitrogens with one attached hydrogen (secondary N) is 1. The molecule has 4 rings (SSSR count). The minimum atomic E-state index is -4.36. The normalized spacial score (nSPS) is 11.7. The van der Waals surface area contributed by atoms with Crippen molar-refractivity contribution in [1.29, 1.82) is 0 Å². The van der Waals surface area contributed by atoms with Crippen molar-refractivity contribution in [2.24, 2.45) is 7.05 Å². The second kappa shape index (κ2) is 6.39. The van der Waals surface area contributed by atoms with Crippen molar-refractivity contribution >= 4 is 22.4 Å². The van der Waals surface area contributed by atoms with Crippen LogP contribution in [-0.2, 0) is 13.2 Å². The third kappa shape index (κ3) is 3.46. The van der Waals surface area contributed by atoms with Crippen molar-refractivity contribution in [2.45, 2.75) is 6.18 Å². The van der Waals surface area contributed by atoms with E-state index in [0.717, 1.165) is 28.7 Å². The minimum absolute atomic E-state index is 0.490. The summed E-state index contributed by atoms with van der Waals surface area (Å²) < 4.78 is 39.9. The molecule has 2 aromatic carbocycles. The van der Waals surface area contributed by atoms with Crippen LogP contribution in [0, 0.1) is 0 Å². The maximum Gasteiger partial charge on any atom is 0.416 e. The van der Waals surface area contributed by atoms with Crippen LogP contribution in [0.1, 0.15) is 5.56 Å². The van der Waals surface area contributed by atoms with Crippen LogP contribution in [0.15, 0.2) is 60.9 Å². The molecule has 27 heavy (non-hydrogen) atoms. The first kappa shape index (κ1) is 17.0. The summed E-state index contributed by atoms with van der Waals surface area (Å²) in [6.45, 7) is 0. The van der Waals surface area contributed by atoms with Crippen molar-refractivity contribution in [3.8, 4) is 11.1 Å². The fourth-order valence-electron chi connectivity index (χ4n) is 2.85. The number of benzene rings is 2. The third-order valence-electron chi connectivity index (χ3n) is 4.13. The number of aromatic nitrogens is 4. The van der Waals surface area contributed by atoms with Crippen molar-refractivity contribution in [1.82, 2.24) is 20.0 Å². The summed E-state index contributed by atoms with van der Waals surface area (Å²) >= 11 is 0. The predicted molar refractivity (Wildman–Crippen MR) is 96.5 cm³/mol. The summed E-state index contributed by atoms with van der Waals surface area (Å²) in [5.74, 6) is 0.490. The van der Waals surface area contributed by atoms with Gasteiger partial charge in [0.15, 0.2) is 5.82 Å². The van der Waals surface area contributed by atoms with Crippen molar-refractivity contribution in [2.75, 3.05) is 5.32 Å². The summed E-state index contributed by atoms with van der Waals surface area (Å²) in [4.78, 5) is 0. The van der Waals surface area contributed by atoms with Crippen molar-refractivity contribution in [3.63, 3.8) is 0 Å². The van der Waals surface area contributed by atoms with Gasteiger partial charge in [0, 0.05) is 24.2 Å². The Kier molecular flexibility index (Phi) is 4.02. The highest BCUT2D eigenvalue weighted by Crippen LogP contribution is 2.31. The van der Waals surface area contributed by atoms with Crippen LogP contribution in [0.4, 0.5) is 24.7 Å². The highest BCUT2D eigenvalue weighted by atomic mass is 19.4. The van der Waals surface area contributed by atoms with E-state index in [1.54, 1.807) is 10.7 Å². The molecule has 8 heteroatoms.